The van der Waals surface area contributed by atoms with Crippen LogP contribution < -0.4 is 22.1 Å². The molecule has 25 nitrogen and oxygen atoms in total. The van der Waals surface area contributed by atoms with Crippen molar-refractivity contribution in [2.24, 2.45) is 28.8 Å². The number of hydrogen-bond acceptors (Lipinski definition) is 22. The SMILES string of the molecule is CO[C@@H](/C(=N/OCC(=O)NCCOCCOCCOCCOCCOCCOCCC(=O)NCCCCn1nc(-c2ccc3oc(N)nc3c2)c2c(N)ncnc21)[C@H](C)CC(C)C)[C@H](O)/C(C)=C/[C@@H](C)CC[C@@H](CC[C@H]1CC[C@H](O)CC1)OC=O. The Kier molecular flexibility index (Phi) is 32.7. The van der Waals surface area contributed by atoms with Crippen LogP contribution in [0.4, 0.5) is 11.8 Å². The molecule has 476 valence electrons. The Hall–Kier alpha value is -5.90. The van der Waals surface area contributed by atoms with Gasteiger partial charge in [0.2, 0.25) is 5.91 Å². The van der Waals surface area contributed by atoms with Gasteiger partial charge in [-0.3, -0.25) is 14.4 Å². The van der Waals surface area contributed by atoms with E-state index in [0.29, 0.717) is 143 Å². The van der Waals surface area contributed by atoms with Gasteiger partial charge in [-0.2, -0.15) is 10.1 Å². The zero-order chi connectivity index (χ0) is 61.2. The second kappa shape index (κ2) is 39.7. The Morgan fingerprint density at radius 2 is 1.48 bits per heavy atom. The first-order valence-corrected chi connectivity index (χ1v) is 30.2. The zero-order valence-corrected chi connectivity index (χ0v) is 50.9. The largest absolute Gasteiger partial charge is 0.465 e. The number of rotatable bonds is 46. The van der Waals surface area contributed by atoms with Crippen LogP contribution in [-0.2, 0) is 63.7 Å². The van der Waals surface area contributed by atoms with Crippen molar-refractivity contribution < 1.29 is 71.7 Å². The highest BCUT2D eigenvalue weighted by Crippen LogP contribution is 2.33. The fourth-order valence-electron chi connectivity index (χ4n) is 10.2. The van der Waals surface area contributed by atoms with Gasteiger partial charge < -0.3 is 79.5 Å². The topological polar surface area (TPSA) is 333 Å². The van der Waals surface area contributed by atoms with E-state index in [2.05, 4.69) is 51.5 Å². The molecule has 1 fully saturated rings. The van der Waals surface area contributed by atoms with E-state index in [4.69, 9.17) is 63.7 Å². The number of ether oxygens (including phenoxy) is 8. The van der Waals surface area contributed by atoms with Gasteiger partial charge in [-0.1, -0.05) is 38.9 Å². The number of carbonyl (C=O) groups is 3. The molecule has 2 amide bonds. The highest BCUT2D eigenvalue weighted by molar-refractivity contribution is 5.99. The molecule has 0 unspecified atom stereocenters. The average molecular weight is 1200 g/mol. The maximum Gasteiger partial charge on any atom is 0.293 e. The van der Waals surface area contributed by atoms with Crippen LogP contribution in [-0.4, -0.2) is 189 Å². The van der Waals surface area contributed by atoms with Gasteiger partial charge in [0.05, 0.1) is 96.5 Å². The van der Waals surface area contributed by atoms with Crippen molar-refractivity contribution >= 4 is 58.0 Å². The van der Waals surface area contributed by atoms with Crippen LogP contribution in [0.3, 0.4) is 0 Å². The fourth-order valence-corrected chi connectivity index (χ4v) is 10.2. The van der Waals surface area contributed by atoms with E-state index in [1.54, 1.807) is 10.7 Å². The standard InChI is InChI=1S/C60H96N10O15/c1-41(2)35-43(4)54(57(76-6)56(75)44(5)36-42(3)9-16-48(83-40-71)17-12-45-10-14-47(72)15-11-45)69-84-38-52(74)64-21-24-78-26-28-80-30-32-82-34-33-81-31-29-79-27-25-77-23-19-51(73)63-20-7-8-22-70-59-53(58(61)65-39-66-59)55(68-70)46-13-18-50-49(37-46)67-60(62)85-50/h13,18,36-37,39-43,45,47-48,56-57,72,75H,7-12,14-17,19-35,38H2,1-6H3,(H2,62,67)(H,63,73)(H,64,74)(H2,61,65,66)/b44-36+,69-54+/t42-,43+,45-,47-,48-,56+,57-/m0/s1. The molecule has 25 heteroatoms. The van der Waals surface area contributed by atoms with E-state index in [-0.39, 0.29) is 74.7 Å². The van der Waals surface area contributed by atoms with Gasteiger partial charge in [0.1, 0.15) is 41.7 Å². The van der Waals surface area contributed by atoms with Gasteiger partial charge in [0.25, 0.3) is 18.4 Å². The third-order valence-electron chi connectivity index (χ3n) is 14.7. The molecule has 8 N–H and O–H groups in total. The molecule has 1 aliphatic carbocycles. The Bertz CT molecular complexity index is 2610. The second-order valence-electron chi connectivity index (χ2n) is 22.1. The molecule has 0 saturated heterocycles. The van der Waals surface area contributed by atoms with Gasteiger partial charge >= 0.3 is 0 Å². The minimum Gasteiger partial charge on any atom is -0.465 e. The van der Waals surface area contributed by atoms with Gasteiger partial charge in [-0.05, 0) is 119 Å². The molecular formula is C60H96N10O15. The molecule has 5 rings (SSSR count). The summed E-state index contributed by atoms with van der Waals surface area (Å²) in [6.07, 6.45) is 10.7. The van der Waals surface area contributed by atoms with Crippen LogP contribution in [0.5, 0.6) is 0 Å². The van der Waals surface area contributed by atoms with Crippen molar-refractivity contribution in [2.75, 3.05) is 118 Å². The van der Waals surface area contributed by atoms with Crippen molar-refractivity contribution in [3.05, 3.63) is 36.2 Å². The lowest BCUT2D eigenvalue weighted by molar-refractivity contribution is -0.134. The summed E-state index contributed by atoms with van der Waals surface area (Å²) in [5.74, 6) is 0.757. The van der Waals surface area contributed by atoms with Gasteiger partial charge in [0.15, 0.2) is 17.8 Å². The summed E-state index contributed by atoms with van der Waals surface area (Å²) >= 11 is 0. The number of amides is 2. The van der Waals surface area contributed by atoms with Crippen LogP contribution in [0.1, 0.15) is 112 Å². The van der Waals surface area contributed by atoms with E-state index in [1.807, 2.05) is 32.1 Å². The summed E-state index contributed by atoms with van der Waals surface area (Å²) < 4.78 is 51.9. The van der Waals surface area contributed by atoms with E-state index >= 15 is 0 Å². The number of anilines is 2. The molecule has 3 aromatic heterocycles. The number of hydrogen-bond donors (Lipinski definition) is 6. The number of oxazole rings is 1. The lowest BCUT2D eigenvalue weighted by atomic mass is 9.83. The first-order chi connectivity index (χ1) is 41.2. The summed E-state index contributed by atoms with van der Waals surface area (Å²) in [6.45, 7) is 16.2. The number of benzene rings is 1. The second-order valence-corrected chi connectivity index (χ2v) is 22.1. The molecular weight excluding hydrogens is 1100 g/mol. The fraction of sp³-hybridized carbons (Fsp3) is 0.700. The number of methoxy groups -OCH3 is 1. The predicted octanol–water partition coefficient (Wildman–Crippen LogP) is 5.97. The zero-order valence-electron chi connectivity index (χ0n) is 50.9. The predicted molar refractivity (Wildman–Crippen MR) is 321 cm³/mol. The number of aliphatic hydroxyl groups is 2. The molecule has 0 spiro atoms. The Labute approximate surface area is 499 Å². The van der Waals surface area contributed by atoms with Crippen molar-refractivity contribution in [3.8, 4) is 11.3 Å². The number of unbranched alkanes of at least 4 members (excludes halogenated alkanes) is 1. The number of nitrogens with one attached hydrogen (secondary N) is 2. The normalized spacial score (nSPS) is 16.8. The number of carbonyl (C=O) groups excluding carboxylic acids is 3. The molecule has 4 aromatic rings. The number of aryl methyl sites for hydroxylation is 1. The van der Waals surface area contributed by atoms with Crippen molar-refractivity contribution in [1.82, 2.24) is 35.4 Å². The average Bonchev–Trinajstić information content (AvgIpc) is 1.98. The molecule has 0 radical (unpaired) electrons. The van der Waals surface area contributed by atoms with E-state index < -0.39 is 12.2 Å². The van der Waals surface area contributed by atoms with Crippen LogP contribution >= 0.6 is 0 Å². The van der Waals surface area contributed by atoms with E-state index in [1.165, 1.54) is 13.4 Å². The third kappa shape index (κ3) is 25.9. The highest BCUT2D eigenvalue weighted by Gasteiger charge is 2.31. The molecule has 0 aliphatic heterocycles. The van der Waals surface area contributed by atoms with Crippen molar-refractivity contribution in [2.45, 2.75) is 143 Å². The lowest BCUT2D eigenvalue weighted by Crippen LogP contribution is -2.40. The molecule has 5 atom stereocenters. The molecule has 1 aromatic carbocycles. The van der Waals surface area contributed by atoms with Gasteiger partial charge in [-0.15, -0.1) is 0 Å². The van der Waals surface area contributed by atoms with Crippen molar-refractivity contribution in [1.29, 1.82) is 0 Å². The number of nitrogens with two attached hydrogens (primary N) is 2. The van der Waals surface area contributed by atoms with E-state index in [0.717, 1.165) is 75.3 Å². The maximum absolute atomic E-state index is 12.6. The third-order valence-corrected chi connectivity index (χ3v) is 14.7. The summed E-state index contributed by atoms with van der Waals surface area (Å²) in [7, 11) is 1.53. The van der Waals surface area contributed by atoms with Crippen LogP contribution in [0.2, 0.25) is 0 Å². The van der Waals surface area contributed by atoms with Gasteiger partial charge in [-0.25, -0.2) is 14.6 Å². The number of aromatic nitrogens is 5. The minimum absolute atomic E-state index is 0.0868. The van der Waals surface area contributed by atoms with Gasteiger partial charge in [0, 0.05) is 44.6 Å². The molecule has 0 bridgehead atoms. The number of aliphatic hydroxyl groups excluding tert-OH is 2. The van der Waals surface area contributed by atoms with Crippen LogP contribution in [0.15, 0.2) is 45.7 Å². The van der Waals surface area contributed by atoms with E-state index in [9.17, 15) is 24.6 Å². The van der Waals surface area contributed by atoms with Crippen molar-refractivity contribution in [3.63, 3.8) is 0 Å². The molecule has 1 saturated carbocycles. The summed E-state index contributed by atoms with van der Waals surface area (Å²) in [4.78, 5) is 54.7. The first-order valence-electron chi connectivity index (χ1n) is 30.2. The number of nitrogens with zero attached hydrogens (tertiary/aromatic N) is 6. The van der Waals surface area contributed by atoms with Crippen LogP contribution in [0.25, 0.3) is 33.4 Å². The number of allylic oxidation sites excluding steroid dienone is 1. The van der Waals surface area contributed by atoms with Crippen LogP contribution in [0, 0.1) is 23.7 Å². The number of fused-ring (bicyclic) bond motifs is 2. The summed E-state index contributed by atoms with van der Waals surface area (Å²) in [5.41, 5.74) is 16.4. The lowest BCUT2D eigenvalue weighted by Gasteiger charge is -2.28. The quantitative estimate of drug-likeness (QED) is 0.00976. The maximum atomic E-state index is 12.6. The number of nitrogen functional groups attached to an aromatic ring is 2. The Balaban J connectivity index is 0.810. The minimum atomic E-state index is -1.00. The molecule has 1 aliphatic rings. The first kappa shape index (κ1) is 69.9. The highest BCUT2D eigenvalue weighted by atomic mass is 16.6. The molecule has 85 heavy (non-hydrogen) atoms. The monoisotopic (exact) mass is 1200 g/mol. The summed E-state index contributed by atoms with van der Waals surface area (Å²) in [6, 6.07) is 5.58. The number of oxime groups is 1. The Morgan fingerprint density at radius 1 is 0.835 bits per heavy atom. The molecule has 3 heterocycles. The smallest absolute Gasteiger partial charge is 0.293 e. The Morgan fingerprint density at radius 3 is 2.13 bits per heavy atom. The summed E-state index contributed by atoms with van der Waals surface area (Å²) in [5, 5.41) is 36.9.